The average molecular weight is 302 g/mol. The van der Waals surface area contributed by atoms with Gasteiger partial charge in [-0.25, -0.2) is 10.8 Å². The second-order valence-corrected chi connectivity index (χ2v) is 5.51. The van der Waals surface area contributed by atoms with E-state index in [9.17, 15) is 13.2 Å². The Morgan fingerprint density at radius 2 is 1.95 bits per heavy atom. The molecule has 0 atom stereocenters. The molecule has 0 saturated heterocycles. The Morgan fingerprint density at radius 1 is 1.25 bits per heavy atom. The van der Waals surface area contributed by atoms with Gasteiger partial charge in [-0.2, -0.15) is 13.2 Å². The van der Waals surface area contributed by atoms with Gasteiger partial charge in [0.1, 0.15) is 11.6 Å². The lowest BCUT2D eigenvalue weighted by Crippen LogP contribution is -2.13. The number of nitrogens with one attached hydrogen (secondary N) is 2. The van der Waals surface area contributed by atoms with Crippen molar-refractivity contribution in [1.82, 2.24) is 4.98 Å². The number of nitrogen functional groups attached to an aromatic ring is 1. The summed E-state index contributed by atoms with van der Waals surface area (Å²) in [5.74, 6) is 5.22. The van der Waals surface area contributed by atoms with Crippen LogP contribution in [-0.4, -0.2) is 4.98 Å². The van der Waals surface area contributed by atoms with Crippen molar-refractivity contribution >= 4 is 23.0 Å². The maximum absolute atomic E-state index is 12.7. The highest BCUT2D eigenvalue weighted by Crippen LogP contribution is 2.32. The summed E-state index contributed by atoms with van der Waals surface area (Å²) in [4.78, 5) is 6.10. The van der Waals surface area contributed by atoms with E-state index in [-0.39, 0.29) is 11.6 Å². The van der Waals surface area contributed by atoms with E-state index in [2.05, 4.69) is 15.7 Å². The molecule has 0 radical (unpaired) electrons. The van der Waals surface area contributed by atoms with Crippen molar-refractivity contribution in [3.05, 3.63) is 39.6 Å². The van der Waals surface area contributed by atoms with Crippen LogP contribution in [0.5, 0.6) is 0 Å². The molecular weight excluding hydrogens is 289 g/mol. The van der Waals surface area contributed by atoms with Crippen molar-refractivity contribution in [3.8, 4) is 0 Å². The fourth-order valence-corrected chi connectivity index (χ4v) is 2.45. The van der Waals surface area contributed by atoms with Crippen LogP contribution in [0.15, 0.2) is 24.3 Å². The van der Waals surface area contributed by atoms with Crippen molar-refractivity contribution in [2.45, 2.75) is 19.6 Å². The van der Waals surface area contributed by atoms with Crippen LogP contribution in [0.4, 0.5) is 24.8 Å². The van der Waals surface area contributed by atoms with Gasteiger partial charge in [-0.1, -0.05) is 0 Å². The summed E-state index contributed by atoms with van der Waals surface area (Å²) in [6.45, 7) is 2.38. The predicted molar refractivity (Wildman–Crippen MR) is 73.4 cm³/mol. The molecule has 2 rings (SSSR count). The smallest absolute Gasteiger partial charge is 0.365 e. The zero-order chi connectivity index (χ0) is 14.8. The van der Waals surface area contributed by atoms with Crippen LogP contribution >= 0.6 is 11.3 Å². The Balaban J connectivity index is 2.18. The minimum Gasteiger partial charge on any atom is -0.365 e. The quantitative estimate of drug-likeness (QED) is 0.598. The zero-order valence-corrected chi connectivity index (χ0v) is 11.4. The number of rotatable bonds is 4. The molecule has 0 aliphatic rings. The third-order valence-corrected chi connectivity index (χ3v) is 3.54. The molecule has 4 N–H and O–H groups in total. The number of pyridine rings is 1. The maximum Gasteiger partial charge on any atom is 0.416 e. The van der Waals surface area contributed by atoms with E-state index in [1.54, 1.807) is 11.3 Å². The number of aryl methyl sites for hydroxylation is 1. The number of hydrogen-bond acceptors (Lipinski definition) is 5. The molecule has 0 fully saturated rings. The number of aromatic nitrogens is 1. The second kappa shape index (κ2) is 5.68. The summed E-state index contributed by atoms with van der Waals surface area (Å²) in [6, 6.07) is 5.69. The van der Waals surface area contributed by atoms with Gasteiger partial charge in [0.05, 0.1) is 12.1 Å². The number of anilines is 2. The van der Waals surface area contributed by atoms with Gasteiger partial charge < -0.3 is 10.7 Å². The summed E-state index contributed by atoms with van der Waals surface area (Å²) in [5, 5.41) is 2.87. The minimum absolute atomic E-state index is 0.0373. The molecule has 108 valence electrons. The van der Waals surface area contributed by atoms with Gasteiger partial charge in [0, 0.05) is 9.75 Å². The summed E-state index contributed by atoms with van der Waals surface area (Å²) < 4.78 is 38.2. The van der Waals surface area contributed by atoms with Crippen LogP contribution in [0, 0.1) is 6.92 Å². The highest BCUT2D eigenvalue weighted by atomic mass is 32.1. The van der Waals surface area contributed by atoms with E-state index < -0.39 is 11.7 Å². The summed E-state index contributed by atoms with van der Waals surface area (Å²) in [7, 11) is 0. The molecule has 20 heavy (non-hydrogen) atoms. The fraction of sp³-hybridized carbons (Fsp3) is 0.250. The van der Waals surface area contributed by atoms with Crippen LogP contribution in [0.1, 0.15) is 15.3 Å². The highest BCUT2D eigenvalue weighted by molar-refractivity contribution is 7.11. The number of thiophene rings is 1. The Kier molecular flexibility index (Phi) is 4.15. The normalized spacial score (nSPS) is 11.4. The van der Waals surface area contributed by atoms with Gasteiger partial charge >= 0.3 is 6.18 Å². The van der Waals surface area contributed by atoms with E-state index >= 15 is 0 Å². The third kappa shape index (κ3) is 3.61. The first kappa shape index (κ1) is 14.6. The number of nitrogens with two attached hydrogens (primary N) is 1. The Labute approximate surface area is 117 Å². The molecule has 0 saturated carbocycles. The zero-order valence-electron chi connectivity index (χ0n) is 10.6. The second-order valence-electron chi connectivity index (χ2n) is 4.13. The lowest BCUT2D eigenvalue weighted by molar-refractivity contribution is -0.137. The third-order valence-electron chi connectivity index (χ3n) is 2.54. The van der Waals surface area contributed by atoms with Crippen molar-refractivity contribution in [2.24, 2.45) is 5.84 Å². The van der Waals surface area contributed by atoms with Crippen molar-refractivity contribution < 1.29 is 13.2 Å². The predicted octanol–water partition coefficient (Wildman–Crippen LogP) is 3.37. The number of hydrogen-bond donors (Lipinski definition) is 3. The Bertz CT molecular complexity index is 595. The van der Waals surface area contributed by atoms with E-state index in [0.29, 0.717) is 6.54 Å². The Morgan fingerprint density at radius 3 is 2.50 bits per heavy atom. The first-order valence-electron chi connectivity index (χ1n) is 5.73. The first-order valence-corrected chi connectivity index (χ1v) is 6.55. The molecular formula is C12H13F3N4S. The van der Waals surface area contributed by atoms with Crippen LogP contribution in [0.3, 0.4) is 0 Å². The Hall–Kier alpha value is -1.80. The molecule has 8 heteroatoms. The van der Waals surface area contributed by atoms with Gasteiger partial charge in [-0.3, -0.25) is 0 Å². The largest absolute Gasteiger partial charge is 0.416 e. The standard InChI is InChI=1S/C12H13F3N4S/c1-7-2-3-9(20-7)6-17-10-4-8(12(13,14)15)5-11(18-10)19-16/h2-5H,6,16H2,1H3,(H2,17,18,19). The molecule has 0 unspecified atom stereocenters. The molecule has 0 spiro atoms. The first-order chi connectivity index (χ1) is 9.38. The maximum atomic E-state index is 12.7. The summed E-state index contributed by atoms with van der Waals surface area (Å²) in [6.07, 6.45) is -4.44. The van der Waals surface area contributed by atoms with Crippen LogP contribution < -0.4 is 16.6 Å². The van der Waals surface area contributed by atoms with E-state index in [1.807, 2.05) is 19.1 Å². The SMILES string of the molecule is Cc1ccc(CNc2cc(C(F)(F)F)cc(NN)n2)s1. The molecule has 2 heterocycles. The average Bonchev–Trinajstić information content (AvgIpc) is 2.81. The van der Waals surface area contributed by atoms with Gasteiger partial charge in [-0.05, 0) is 31.2 Å². The van der Waals surface area contributed by atoms with Crippen LogP contribution in [0.2, 0.25) is 0 Å². The molecule has 0 aromatic carbocycles. The van der Waals surface area contributed by atoms with Crippen molar-refractivity contribution in [3.63, 3.8) is 0 Å². The lowest BCUT2D eigenvalue weighted by Gasteiger charge is -2.12. The molecule has 4 nitrogen and oxygen atoms in total. The highest BCUT2D eigenvalue weighted by Gasteiger charge is 2.31. The lowest BCUT2D eigenvalue weighted by atomic mass is 10.2. The van der Waals surface area contributed by atoms with Crippen LogP contribution in [-0.2, 0) is 12.7 Å². The van der Waals surface area contributed by atoms with Crippen molar-refractivity contribution in [1.29, 1.82) is 0 Å². The van der Waals surface area contributed by atoms with Gasteiger partial charge in [-0.15, -0.1) is 11.3 Å². The molecule has 0 bridgehead atoms. The number of nitrogens with zero attached hydrogens (tertiary/aromatic N) is 1. The van der Waals surface area contributed by atoms with Gasteiger partial charge in [0.25, 0.3) is 0 Å². The van der Waals surface area contributed by atoms with Crippen LogP contribution in [0.25, 0.3) is 0 Å². The number of halogens is 3. The summed E-state index contributed by atoms with van der Waals surface area (Å²) in [5.41, 5.74) is 1.33. The fourth-order valence-electron chi connectivity index (χ4n) is 1.62. The van der Waals surface area contributed by atoms with E-state index in [1.165, 1.54) is 0 Å². The molecule has 0 amide bonds. The van der Waals surface area contributed by atoms with Crippen molar-refractivity contribution in [2.75, 3.05) is 10.7 Å². The van der Waals surface area contributed by atoms with E-state index in [0.717, 1.165) is 21.9 Å². The molecule has 2 aromatic heterocycles. The molecule has 0 aliphatic heterocycles. The van der Waals surface area contributed by atoms with E-state index in [4.69, 9.17) is 5.84 Å². The monoisotopic (exact) mass is 302 g/mol. The summed E-state index contributed by atoms with van der Waals surface area (Å²) >= 11 is 1.57. The minimum atomic E-state index is -4.44. The van der Waals surface area contributed by atoms with Gasteiger partial charge in [0.15, 0.2) is 0 Å². The number of hydrazine groups is 1. The van der Waals surface area contributed by atoms with Gasteiger partial charge in [0.2, 0.25) is 0 Å². The topological polar surface area (TPSA) is 63.0 Å². The number of alkyl halides is 3. The molecule has 2 aromatic rings. The molecule has 0 aliphatic carbocycles.